The average molecular weight is 431 g/mol. The highest BCUT2D eigenvalue weighted by Gasteiger charge is 2.17. The SMILES string of the molecule is Cc1ccc(CNC(=O)c2ccccc2NC(=O)CNc2cccc3c2OCCO3)cc1. The van der Waals surface area contributed by atoms with E-state index in [1.165, 1.54) is 0 Å². The molecule has 3 aromatic rings. The van der Waals surface area contributed by atoms with Crippen LogP contribution in [0, 0.1) is 6.92 Å². The molecule has 3 aromatic carbocycles. The second-order valence-corrected chi connectivity index (χ2v) is 7.45. The van der Waals surface area contributed by atoms with Gasteiger partial charge in [-0.05, 0) is 36.8 Å². The molecule has 0 aromatic heterocycles. The fraction of sp³-hybridized carbons (Fsp3) is 0.200. The van der Waals surface area contributed by atoms with Crippen molar-refractivity contribution in [2.24, 2.45) is 0 Å². The van der Waals surface area contributed by atoms with Gasteiger partial charge in [0.25, 0.3) is 5.91 Å². The number of nitrogens with one attached hydrogen (secondary N) is 3. The molecule has 1 aliphatic heterocycles. The molecule has 1 heterocycles. The van der Waals surface area contributed by atoms with Crippen LogP contribution in [0.4, 0.5) is 11.4 Å². The summed E-state index contributed by atoms with van der Waals surface area (Å²) in [5, 5.41) is 8.79. The lowest BCUT2D eigenvalue weighted by atomic mass is 10.1. The minimum absolute atomic E-state index is 0.0130. The number of hydrogen-bond acceptors (Lipinski definition) is 5. The largest absolute Gasteiger partial charge is 0.486 e. The van der Waals surface area contributed by atoms with Gasteiger partial charge in [-0.25, -0.2) is 0 Å². The van der Waals surface area contributed by atoms with Crippen molar-refractivity contribution in [3.63, 3.8) is 0 Å². The molecule has 32 heavy (non-hydrogen) atoms. The van der Waals surface area contributed by atoms with Gasteiger partial charge >= 0.3 is 0 Å². The van der Waals surface area contributed by atoms with Crippen LogP contribution >= 0.6 is 0 Å². The van der Waals surface area contributed by atoms with Gasteiger partial charge in [0, 0.05) is 6.54 Å². The first-order valence-corrected chi connectivity index (χ1v) is 10.5. The molecule has 164 valence electrons. The summed E-state index contributed by atoms with van der Waals surface area (Å²) in [6.45, 7) is 3.40. The van der Waals surface area contributed by atoms with Crippen LogP contribution in [0.2, 0.25) is 0 Å². The Labute approximate surface area is 186 Å². The van der Waals surface area contributed by atoms with E-state index in [0.717, 1.165) is 11.1 Å². The molecule has 0 unspecified atom stereocenters. The summed E-state index contributed by atoms with van der Waals surface area (Å²) < 4.78 is 11.2. The zero-order valence-corrected chi connectivity index (χ0v) is 17.8. The summed E-state index contributed by atoms with van der Waals surface area (Å²) in [6, 6.07) is 20.4. The summed E-state index contributed by atoms with van der Waals surface area (Å²) in [5.41, 5.74) is 3.71. The van der Waals surface area contributed by atoms with Crippen molar-refractivity contribution < 1.29 is 19.1 Å². The number of carbonyl (C=O) groups is 2. The molecule has 7 heteroatoms. The van der Waals surface area contributed by atoms with E-state index in [0.29, 0.717) is 48.2 Å². The van der Waals surface area contributed by atoms with Gasteiger partial charge in [-0.3, -0.25) is 9.59 Å². The monoisotopic (exact) mass is 431 g/mol. The third kappa shape index (κ3) is 5.18. The molecule has 4 rings (SSSR count). The minimum Gasteiger partial charge on any atom is -0.486 e. The van der Waals surface area contributed by atoms with Crippen molar-refractivity contribution in [2.75, 3.05) is 30.4 Å². The van der Waals surface area contributed by atoms with Crippen LogP contribution in [-0.2, 0) is 11.3 Å². The number of hydrogen-bond donors (Lipinski definition) is 3. The fourth-order valence-electron chi connectivity index (χ4n) is 3.36. The van der Waals surface area contributed by atoms with E-state index in [1.807, 2.05) is 49.4 Å². The Morgan fingerprint density at radius 3 is 2.47 bits per heavy atom. The third-order valence-electron chi connectivity index (χ3n) is 5.03. The van der Waals surface area contributed by atoms with Gasteiger partial charge < -0.3 is 25.4 Å². The van der Waals surface area contributed by atoms with Gasteiger partial charge in [0.15, 0.2) is 11.5 Å². The van der Waals surface area contributed by atoms with Crippen molar-refractivity contribution in [3.8, 4) is 11.5 Å². The summed E-state index contributed by atoms with van der Waals surface area (Å²) in [4.78, 5) is 25.3. The predicted octanol–water partition coefficient (Wildman–Crippen LogP) is 3.75. The van der Waals surface area contributed by atoms with Crippen molar-refractivity contribution in [2.45, 2.75) is 13.5 Å². The summed E-state index contributed by atoms with van der Waals surface area (Å²) in [7, 11) is 0. The molecular formula is C25H25N3O4. The number of benzene rings is 3. The minimum atomic E-state index is -0.280. The van der Waals surface area contributed by atoms with Gasteiger partial charge in [0.05, 0.1) is 23.5 Å². The van der Waals surface area contributed by atoms with E-state index < -0.39 is 0 Å². The van der Waals surface area contributed by atoms with Gasteiger partial charge in [-0.2, -0.15) is 0 Å². The fourth-order valence-corrected chi connectivity index (χ4v) is 3.36. The highest BCUT2D eigenvalue weighted by atomic mass is 16.6. The molecule has 1 aliphatic rings. The lowest BCUT2D eigenvalue weighted by Crippen LogP contribution is -2.27. The van der Waals surface area contributed by atoms with Crippen LogP contribution in [0.1, 0.15) is 21.5 Å². The number of carbonyl (C=O) groups excluding carboxylic acids is 2. The lowest BCUT2D eigenvalue weighted by Gasteiger charge is -2.21. The van der Waals surface area contributed by atoms with Gasteiger partial charge in [-0.15, -0.1) is 0 Å². The van der Waals surface area contributed by atoms with Crippen LogP contribution in [0.25, 0.3) is 0 Å². The summed E-state index contributed by atoms with van der Waals surface area (Å²) in [5.74, 6) is 0.718. The highest BCUT2D eigenvalue weighted by Crippen LogP contribution is 2.37. The Balaban J connectivity index is 1.37. The van der Waals surface area contributed by atoms with Crippen LogP contribution in [0.15, 0.2) is 66.7 Å². The lowest BCUT2D eigenvalue weighted by molar-refractivity contribution is -0.114. The maximum atomic E-state index is 12.7. The van der Waals surface area contributed by atoms with E-state index in [2.05, 4.69) is 16.0 Å². The number of rotatable bonds is 7. The molecule has 0 aliphatic carbocycles. The van der Waals surface area contributed by atoms with Crippen LogP contribution in [-0.4, -0.2) is 31.6 Å². The Morgan fingerprint density at radius 1 is 0.875 bits per heavy atom. The first kappa shape index (κ1) is 21.2. The number of ether oxygens (including phenoxy) is 2. The Morgan fingerprint density at radius 2 is 1.62 bits per heavy atom. The molecule has 0 bridgehead atoms. The maximum Gasteiger partial charge on any atom is 0.253 e. The van der Waals surface area contributed by atoms with Crippen molar-refractivity contribution >= 4 is 23.2 Å². The van der Waals surface area contributed by atoms with E-state index >= 15 is 0 Å². The molecule has 7 nitrogen and oxygen atoms in total. The quantitative estimate of drug-likeness (QED) is 0.530. The van der Waals surface area contributed by atoms with Gasteiger partial charge in [0.1, 0.15) is 13.2 Å². The van der Waals surface area contributed by atoms with Gasteiger partial charge in [0.2, 0.25) is 5.91 Å². The molecule has 3 N–H and O–H groups in total. The second-order valence-electron chi connectivity index (χ2n) is 7.45. The summed E-state index contributed by atoms with van der Waals surface area (Å²) >= 11 is 0. The zero-order valence-electron chi connectivity index (χ0n) is 17.8. The molecular weight excluding hydrogens is 406 g/mol. The topological polar surface area (TPSA) is 88.7 Å². The first-order valence-electron chi connectivity index (χ1n) is 10.5. The second kappa shape index (κ2) is 9.87. The molecule has 0 saturated carbocycles. The van der Waals surface area contributed by atoms with Crippen LogP contribution in [0.5, 0.6) is 11.5 Å². The molecule has 0 saturated heterocycles. The van der Waals surface area contributed by atoms with E-state index in [9.17, 15) is 9.59 Å². The van der Waals surface area contributed by atoms with Crippen LogP contribution in [0.3, 0.4) is 0 Å². The van der Waals surface area contributed by atoms with Gasteiger partial charge in [-0.1, -0.05) is 48.0 Å². The Kier molecular flexibility index (Phi) is 6.55. The average Bonchev–Trinajstić information content (AvgIpc) is 2.82. The number of aryl methyl sites for hydroxylation is 1. The first-order chi connectivity index (χ1) is 15.6. The van der Waals surface area contributed by atoms with Crippen molar-refractivity contribution in [1.29, 1.82) is 0 Å². The smallest absolute Gasteiger partial charge is 0.253 e. The highest BCUT2D eigenvalue weighted by molar-refractivity contribution is 6.04. The number of amides is 2. The van der Waals surface area contributed by atoms with Crippen molar-refractivity contribution in [3.05, 3.63) is 83.4 Å². The Bertz CT molecular complexity index is 1110. The van der Waals surface area contributed by atoms with E-state index in [4.69, 9.17) is 9.47 Å². The number of para-hydroxylation sites is 2. The maximum absolute atomic E-state index is 12.7. The molecule has 0 atom stereocenters. The number of fused-ring (bicyclic) bond motifs is 1. The van der Waals surface area contributed by atoms with Crippen LogP contribution < -0.4 is 25.4 Å². The Hall–Kier alpha value is -4.00. The molecule has 2 amide bonds. The predicted molar refractivity (Wildman–Crippen MR) is 123 cm³/mol. The third-order valence-corrected chi connectivity index (χ3v) is 5.03. The normalized spacial score (nSPS) is 12.0. The molecule has 0 radical (unpaired) electrons. The van der Waals surface area contributed by atoms with E-state index in [-0.39, 0.29) is 18.4 Å². The molecule has 0 fully saturated rings. The molecule has 0 spiro atoms. The summed E-state index contributed by atoms with van der Waals surface area (Å²) in [6.07, 6.45) is 0. The standard InChI is InChI=1S/C25H25N3O4/c1-17-9-11-18(12-10-17)15-27-25(30)19-5-2-3-6-20(19)28-23(29)16-26-21-7-4-8-22-24(21)32-14-13-31-22/h2-12,26H,13-16H2,1H3,(H,27,30)(H,28,29). The number of anilines is 2. The van der Waals surface area contributed by atoms with E-state index in [1.54, 1.807) is 24.3 Å². The zero-order chi connectivity index (χ0) is 22.3. The van der Waals surface area contributed by atoms with Crippen molar-refractivity contribution in [1.82, 2.24) is 5.32 Å².